The Kier molecular flexibility index (Phi) is 3.97. The van der Waals surface area contributed by atoms with Crippen LogP contribution in [0.2, 0.25) is 0 Å². The first-order valence-electron chi connectivity index (χ1n) is 6.28. The molecule has 1 amide bonds. The van der Waals surface area contributed by atoms with E-state index >= 15 is 0 Å². The number of anilines is 1. The predicted octanol–water partition coefficient (Wildman–Crippen LogP) is 2.41. The highest BCUT2D eigenvalue weighted by Crippen LogP contribution is 2.32. The van der Waals surface area contributed by atoms with Crippen molar-refractivity contribution in [3.8, 4) is 5.75 Å². The van der Waals surface area contributed by atoms with Crippen LogP contribution >= 0.6 is 0 Å². The van der Waals surface area contributed by atoms with Gasteiger partial charge in [-0.15, -0.1) is 0 Å². The minimum absolute atomic E-state index is 0.0401. The monoisotopic (exact) mass is 247 g/mol. The highest BCUT2D eigenvalue weighted by molar-refractivity contribution is 5.98. The normalized spacial score (nSPS) is 14.1. The topological polar surface area (TPSA) is 46.6 Å². The Balaban J connectivity index is 2.24. The van der Waals surface area contributed by atoms with E-state index in [1.54, 1.807) is 23.1 Å². The molecule has 0 atom stereocenters. The Bertz CT molecular complexity index is 456. The van der Waals surface area contributed by atoms with Gasteiger partial charge in [-0.1, -0.05) is 19.8 Å². The molecule has 4 heteroatoms. The van der Waals surface area contributed by atoms with Gasteiger partial charge in [-0.05, 0) is 24.6 Å². The second-order valence-electron chi connectivity index (χ2n) is 4.39. The van der Waals surface area contributed by atoms with Crippen LogP contribution in [-0.2, 0) is 4.79 Å². The van der Waals surface area contributed by atoms with E-state index in [1.165, 1.54) is 0 Å². The van der Waals surface area contributed by atoms with Crippen molar-refractivity contribution < 1.29 is 14.3 Å². The Labute approximate surface area is 107 Å². The van der Waals surface area contributed by atoms with Crippen molar-refractivity contribution in [1.29, 1.82) is 0 Å². The summed E-state index contributed by atoms with van der Waals surface area (Å²) in [6.45, 7) is 2.89. The van der Waals surface area contributed by atoms with E-state index in [0.29, 0.717) is 23.5 Å². The number of hydrogen-bond donors (Lipinski definition) is 0. The Morgan fingerprint density at radius 1 is 1.39 bits per heavy atom. The third-order valence-electron chi connectivity index (χ3n) is 3.05. The molecule has 4 nitrogen and oxygen atoms in total. The Morgan fingerprint density at radius 3 is 2.94 bits per heavy atom. The van der Waals surface area contributed by atoms with Gasteiger partial charge in [0.15, 0.2) is 6.61 Å². The van der Waals surface area contributed by atoms with Crippen molar-refractivity contribution in [3.05, 3.63) is 23.8 Å². The standard InChI is InChI=1S/C14H17NO3/c1-2-3-4-7-15-12-8-11(9-16)5-6-13(12)18-10-14(15)17/h5-6,8-9H,2-4,7,10H2,1H3. The number of carbonyl (C=O) groups excluding carboxylic acids is 2. The molecule has 0 radical (unpaired) electrons. The lowest BCUT2D eigenvalue weighted by molar-refractivity contribution is -0.121. The van der Waals surface area contributed by atoms with Crippen molar-refractivity contribution in [2.24, 2.45) is 0 Å². The second kappa shape index (κ2) is 5.67. The Morgan fingerprint density at radius 2 is 2.22 bits per heavy atom. The molecule has 0 aliphatic carbocycles. The van der Waals surface area contributed by atoms with Crippen LogP contribution in [0.4, 0.5) is 5.69 Å². The molecule has 0 saturated carbocycles. The number of benzene rings is 1. The molecule has 0 fully saturated rings. The molecule has 1 aliphatic rings. The van der Waals surface area contributed by atoms with Gasteiger partial charge >= 0.3 is 0 Å². The highest BCUT2D eigenvalue weighted by Gasteiger charge is 2.25. The Hall–Kier alpha value is -1.84. The summed E-state index contributed by atoms with van der Waals surface area (Å²) in [6.07, 6.45) is 3.95. The molecule has 0 N–H and O–H groups in total. The van der Waals surface area contributed by atoms with Crippen molar-refractivity contribution in [1.82, 2.24) is 0 Å². The van der Waals surface area contributed by atoms with E-state index in [0.717, 1.165) is 25.5 Å². The number of amides is 1. The molecular formula is C14H17NO3. The lowest BCUT2D eigenvalue weighted by Gasteiger charge is -2.29. The number of hydrogen-bond acceptors (Lipinski definition) is 3. The van der Waals surface area contributed by atoms with E-state index in [1.807, 2.05) is 0 Å². The zero-order valence-corrected chi connectivity index (χ0v) is 10.5. The first kappa shape index (κ1) is 12.6. The van der Waals surface area contributed by atoms with Crippen LogP contribution in [0.3, 0.4) is 0 Å². The zero-order valence-electron chi connectivity index (χ0n) is 10.5. The van der Waals surface area contributed by atoms with Crippen LogP contribution in [0.5, 0.6) is 5.75 Å². The number of unbranched alkanes of at least 4 members (excludes halogenated alkanes) is 2. The maximum atomic E-state index is 11.9. The first-order chi connectivity index (χ1) is 8.76. The summed E-state index contributed by atoms with van der Waals surface area (Å²) in [5, 5.41) is 0. The minimum Gasteiger partial charge on any atom is -0.482 e. The molecule has 0 aromatic heterocycles. The summed E-state index contributed by atoms with van der Waals surface area (Å²) >= 11 is 0. The van der Waals surface area contributed by atoms with E-state index < -0.39 is 0 Å². The maximum Gasteiger partial charge on any atom is 0.265 e. The third kappa shape index (κ3) is 2.53. The molecule has 1 heterocycles. The molecule has 1 aromatic carbocycles. The van der Waals surface area contributed by atoms with Crippen LogP contribution in [0.15, 0.2) is 18.2 Å². The van der Waals surface area contributed by atoms with Crippen LogP contribution in [0.1, 0.15) is 36.5 Å². The first-order valence-corrected chi connectivity index (χ1v) is 6.28. The highest BCUT2D eigenvalue weighted by atomic mass is 16.5. The molecule has 0 saturated heterocycles. The minimum atomic E-state index is -0.0401. The number of ether oxygens (including phenoxy) is 1. The molecule has 0 unspecified atom stereocenters. The summed E-state index contributed by atoms with van der Waals surface area (Å²) in [5.41, 5.74) is 1.28. The summed E-state index contributed by atoms with van der Waals surface area (Å²) in [7, 11) is 0. The van der Waals surface area contributed by atoms with Gasteiger partial charge < -0.3 is 9.64 Å². The molecule has 2 rings (SSSR count). The van der Waals surface area contributed by atoms with Gasteiger partial charge in [0.2, 0.25) is 0 Å². The van der Waals surface area contributed by atoms with E-state index in [2.05, 4.69) is 6.92 Å². The van der Waals surface area contributed by atoms with Crippen molar-refractivity contribution in [2.75, 3.05) is 18.1 Å². The van der Waals surface area contributed by atoms with Gasteiger partial charge in [0.1, 0.15) is 12.0 Å². The number of carbonyl (C=O) groups is 2. The second-order valence-corrected chi connectivity index (χ2v) is 4.39. The average Bonchev–Trinajstić information content (AvgIpc) is 2.41. The van der Waals surface area contributed by atoms with Gasteiger partial charge in [-0.3, -0.25) is 9.59 Å². The summed E-state index contributed by atoms with van der Waals surface area (Å²) in [6, 6.07) is 5.16. The van der Waals surface area contributed by atoms with Gasteiger partial charge in [0.05, 0.1) is 5.69 Å². The average molecular weight is 247 g/mol. The molecule has 1 aliphatic heterocycles. The molecule has 18 heavy (non-hydrogen) atoms. The fourth-order valence-corrected chi connectivity index (χ4v) is 2.06. The van der Waals surface area contributed by atoms with E-state index in [-0.39, 0.29) is 12.5 Å². The van der Waals surface area contributed by atoms with Gasteiger partial charge in [0, 0.05) is 12.1 Å². The van der Waals surface area contributed by atoms with E-state index in [4.69, 9.17) is 4.74 Å². The predicted molar refractivity (Wildman–Crippen MR) is 69.2 cm³/mol. The third-order valence-corrected chi connectivity index (χ3v) is 3.05. The quantitative estimate of drug-likeness (QED) is 0.593. The fourth-order valence-electron chi connectivity index (χ4n) is 2.06. The number of rotatable bonds is 5. The van der Waals surface area contributed by atoms with Crippen LogP contribution in [0, 0.1) is 0 Å². The lowest BCUT2D eigenvalue weighted by Crippen LogP contribution is -2.39. The fraction of sp³-hybridized carbons (Fsp3) is 0.429. The molecule has 96 valence electrons. The van der Waals surface area contributed by atoms with Crippen molar-refractivity contribution in [3.63, 3.8) is 0 Å². The number of nitrogens with zero attached hydrogens (tertiary/aromatic N) is 1. The number of aldehydes is 1. The molecular weight excluding hydrogens is 230 g/mol. The smallest absolute Gasteiger partial charge is 0.265 e. The van der Waals surface area contributed by atoms with Crippen LogP contribution < -0.4 is 9.64 Å². The SMILES string of the molecule is CCCCCN1C(=O)COc2ccc(C=O)cc21. The number of fused-ring (bicyclic) bond motifs is 1. The van der Waals surface area contributed by atoms with Crippen molar-refractivity contribution in [2.45, 2.75) is 26.2 Å². The van der Waals surface area contributed by atoms with Gasteiger partial charge in [0.25, 0.3) is 5.91 Å². The van der Waals surface area contributed by atoms with Crippen molar-refractivity contribution >= 4 is 17.9 Å². The van der Waals surface area contributed by atoms with Gasteiger partial charge in [-0.2, -0.15) is 0 Å². The molecule has 0 bridgehead atoms. The van der Waals surface area contributed by atoms with E-state index in [9.17, 15) is 9.59 Å². The van der Waals surface area contributed by atoms with Crippen LogP contribution in [0.25, 0.3) is 0 Å². The summed E-state index contributed by atoms with van der Waals surface area (Å²) in [5.74, 6) is 0.637. The lowest BCUT2D eigenvalue weighted by atomic mass is 10.1. The zero-order chi connectivity index (χ0) is 13.0. The van der Waals surface area contributed by atoms with Gasteiger partial charge in [-0.25, -0.2) is 0 Å². The largest absolute Gasteiger partial charge is 0.482 e. The summed E-state index contributed by atoms with van der Waals surface area (Å²) < 4.78 is 5.36. The maximum absolute atomic E-state index is 11.9. The van der Waals surface area contributed by atoms with Crippen LogP contribution in [-0.4, -0.2) is 25.3 Å². The summed E-state index contributed by atoms with van der Waals surface area (Å²) in [4.78, 5) is 24.4. The molecule has 0 spiro atoms. The molecule has 1 aromatic rings.